The van der Waals surface area contributed by atoms with Crippen LogP contribution in [0.25, 0.3) is 5.78 Å². The molecule has 0 bridgehead atoms. The molecule has 26 heavy (non-hydrogen) atoms. The van der Waals surface area contributed by atoms with Gasteiger partial charge in [-0.15, -0.1) is 5.10 Å². The molecule has 1 aromatic carbocycles. The molecule has 0 saturated heterocycles. The first-order chi connectivity index (χ1) is 12.6. The van der Waals surface area contributed by atoms with Crippen molar-refractivity contribution in [2.24, 2.45) is 0 Å². The van der Waals surface area contributed by atoms with Crippen LogP contribution in [0, 0.1) is 13.8 Å². The average molecular weight is 367 g/mol. The Bertz CT molecular complexity index is 997. The molecule has 6 nitrogen and oxygen atoms in total. The van der Waals surface area contributed by atoms with Gasteiger partial charge in [0, 0.05) is 29.2 Å². The minimum absolute atomic E-state index is 0.106. The molecule has 0 N–H and O–H groups in total. The SMILES string of the molecule is CSc1nc2nc(C)c(CC(=O)N3CCCc4ccccc43)c(C)n2n1. The van der Waals surface area contributed by atoms with Crippen molar-refractivity contribution >= 4 is 29.1 Å². The number of benzene rings is 1. The second kappa shape index (κ2) is 6.72. The third kappa shape index (κ3) is 2.86. The number of hydrogen-bond donors (Lipinski definition) is 0. The Morgan fingerprint density at radius 1 is 1.23 bits per heavy atom. The normalized spacial score (nSPS) is 13.9. The predicted molar refractivity (Wildman–Crippen MR) is 103 cm³/mol. The van der Waals surface area contributed by atoms with Crippen LogP contribution in [0.5, 0.6) is 0 Å². The lowest BCUT2D eigenvalue weighted by molar-refractivity contribution is -0.118. The minimum Gasteiger partial charge on any atom is -0.312 e. The molecule has 0 saturated carbocycles. The molecule has 4 rings (SSSR count). The number of para-hydroxylation sites is 1. The molecule has 3 aromatic rings. The maximum Gasteiger partial charge on any atom is 0.253 e. The highest BCUT2D eigenvalue weighted by atomic mass is 32.2. The van der Waals surface area contributed by atoms with Crippen molar-refractivity contribution in [3.63, 3.8) is 0 Å². The number of aromatic nitrogens is 4. The van der Waals surface area contributed by atoms with Gasteiger partial charge in [0.05, 0.1) is 6.42 Å². The molecule has 134 valence electrons. The topological polar surface area (TPSA) is 63.4 Å². The van der Waals surface area contributed by atoms with Gasteiger partial charge in [-0.05, 0) is 44.6 Å². The predicted octanol–water partition coefficient (Wildman–Crippen LogP) is 2.98. The number of carbonyl (C=O) groups excluding carboxylic acids is 1. The van der Waals surface area contributed by atoms with E-state index >= 15 is 0 Å². The molecule has 0 fully saturated rings. The van der Waals surface area contributed by atoms with Crippen molar-refractivity contribution in [1.82, 2.24) is 19.6 Å². The fraction of sp³-hybridized carbons (Fsp3) is 0.368. The quantitative estimate of drug-likeness (QED) is 0.666. The molecule has 1 amide bonds. The zero-order valence-corrected chi connectivity index (χ0v) is 16.0. The fourth-order valence-electron chi connectivity index (χ4n) is 3.57. The largest absolute Gasteiger partial charge is 0.312 e. The smallest absolute Gasteiger partial charge is 0.253 e. The molecule has 0 spiro atoms. The van der Waals surface area contributed by atoms with Crippen molar-refractivity contribution in [2.75, 3.05) is 17.7 Å². The van der Waals surface area contributed by atoms with Crippen molar-refractivity contribution in [3.05, 3.63) is 46.8 Å². The number of amides is 1. The van der Waals surface area contributed by atoms with Gasteiger partial charge in [-0.3, -0.25) is 4.79 Å². The van der Waals surface area contributed by atoms with Gasteiger partial charge in [0.1, 0.15) is 0 Å². The third-order valence-corrected chi connectivity index (χ3v) is 5.49. The molecular weight excluding hydrogens is 346 g/mol. The first kappa shape index (κ1) is 17.0. The Morgan fingerprint density at radius 2 is 2.04 bits per heavy atom. The molecule has 7 heteroatoms. The number of thioether (sulfide) groups is 1. The Hall–Kier alpha value is -2.41. The first-order valence-electron chi connectivity index (χ1n) is 8.73. The molecule has 0 atom stereocenters. The van der Waals surface area contributed by atoms with Gasteiger partial charge in [0.25, 0.3) is 5.78 Å². The zero-order chi connectivity index (χ0) is 18.3. The molecule has 3 heterocycles. The summed E-state index contributed by atoms with van der Waals surface area (Å²) in [6, 6.07) is 8.18. The number of hydrogen-bond acceptors (Lipinski definition) is 5. The molecule has 0 unspecified atom stereocenters. The van der Waals surface area contributed by atoms with Gasteiger partial charge >= 0.3 is 0 Å². The Kier molecular flexibility index (Phi) is 4.40. The average Bonchev–Trinajstić information content (AvgIpc) is 3.07. The lowest BCUT2D eigenvalue weighted by Gasteiger charge is -2.29. The monoisotopic (exact) mass is 367 g/mol. The number of fused-ring (bicyclic) bond motifs is 2. The van der Waals surface area contributed by atoms with Crippen molar-refractivity contribution < 1.29 is 4.79 Å². The third-order valence-electron chi connectivity index (χ3n) is 4.95. The Balaban J connectivity index is 1.68. The summed E-state index contributed by atoms with van der Waals surface area (Å²) in [5, 5.41) is 5.16. The molecule has 2 aromatic heterocycles. The van der Waals surface area contributed by atoms with Crippen molar-refractivity contribution in [3.8, 4) is 0 Å². The van der Waals surface area contributed by atoms with E-state index in [2.05, 4.69) is 21.1 Å². The highest BCUT2D eigenvalue weighted by Gasteiger charge is 2.24. The van der Waals surface area contributed by atoms with Crippen molar-refractivity contribution in [1.29, 1.82) is 0 Å². The van der Waals surface area contributed by atoms with E-state index in [0.717, 1.165) is 42.0 Å². The van der Waals surface area contributed by atoms with Gasteiger partial charge < -0.3 is 4.90 Å². The zero-order valence-electron chi connectivity index (χ0n) is 15.2. The number of aryl methyl sites for hydroxylation is 3. The van der Waals surface area contributed by atoms with E-state index in [0.29, 0.717) is 17.4 Å². The maximum absolute atomic E-state index is 13.1. The minimum atomic E-state index is 0.106. The summed E-state index contributed by atoms with van der Waals surface area (Å²) in [4.78, 5) is 23.9. The van der Waals surface area contributed by atoms with Gasteiger partial charge in [-0.25, -0.2) is 9.50 Å². The Labute approximate surface area is 156 Å². The van der Waals surface area contributed by atoms with Crippen LogP contribution in [0.1, 0.15) is 28.9 Å². The highest BCUT2D eigenvalue weighted by molar-refractivity contribution is 7.98. The fourth-order valence-corrected chi connectivity index (χ4v) is 3.91. The van der Waals surface area contributed by atoms with Crippen LogP contribution in [0.3, 0.4) is 0 Å². The van der Waals surface area contributed by atoms with Crippen LogP contribution in [0.2, 0.25) is 0 Å². The Morgan fingerprint density at radius 3 is 2.85 bits per heavy atom. The molecule has 0 radical (unpaired) electrons. The molecule has 0 aliphatic carbocycles. The summed E-state index contributed by atoms with van der Waals surface area (Å²) in [5.74, 6) is 0.693. The summed E-state index contributed by atoms with van der Waals surface area (Å²) in [6.45, 7) is 4.68. The molecule has 1 aliphatic heterocycles. The summed E-state index contributed by atoms with van der Waals surface area (Å²) >= 11 is 1.49. The number of nitrogens with zero attached hydrogens (tertiary/aromatic N) is 5. The van der Waals surface area contributed by atoms with Gasteiger partial charge in [-0.1, -0.05) is 30.0 Å². The van der Waals surface area contributed by atoms with Gasteiger partial charge in [0.2, 0.25) is 11.1 Å². The van der Waals surface area contributed by atoms with E-state index in [1.54, 1.807) is 4.52 Å². The van der Waals surface area contributed by atoms with Crippen LogP contribution in [0.15, 0.2) is 29.4 Å². The van der Waals surface area contributed by atoms with Crippen LogP contribution >= 0.6 is 11.8 Å². The second-order valence-corrected chi connectivity index (χ2v) is 7.30. The van der Waals surface area contributed by atoms with Gasteiger partial charge in [-0.2, -0.15) is 4.98 Å². The maximum atomic E-state index is 13.1. The van der Waals surface area contributed by atoms with Crippen LogP contribution < -0.4 is 4.90 Å². The summed E-state index contributed by atoms with van der Waals surface area (Å²) < 4.78 is 1.74. The second-order valence-electron chi connectivity index (χ2n) is 6.53. The number of anilines is 1. The molecular formula is C19H21N5OS. The lowest BCUT2D eigenvalue weighted by Crippen LogP contribution is -2.36. The molecule has 1 aliphatic rings. The van der Waals surface area contributed by atoms with E-state index in [1.807, 2.05) is 43.2 Å². The first-order valence-corrected chi connectivity index (χ1v) is 9.96. The highest BCUT2D eigenvalue weighted by Crippen LogP contribution is 2.28. The van der Waals surface area contributed by atoms with Crippen molar-refractivity contribution in [2.45, 2.75) is 38.3 Å². The van der Waals surface area contributed by atoms with E-state index in [1.165, 1.54) is 17.3 Å². The van der Waals surface area contributed by atoms with Gasteiger partial charge in [0.15, 0.2) is 0 Å². The number of rotatable bonds is 3. The summed E-state index contributed by atoms with van der Waals surface area (Å²) in [5.41, 5.74) is 4.99. The standard InChI is InChI=1S/C19H21N5OS/c1-12-15(13(2)24-18(20-12)21-19(22-24)26-3)11-17(25)23-10-6-8-14-7-4-5-9-16(14)23/h4-5,7,9H,6,8,10-11H2,1-3H3. The summed E-state index contributed by atoms with van der Waals surface area (Å²) in [7, 11) is 0. The lowest BCUT2D eigenvalue weighted by atomic mass is 10.0. The number of carbonyl (C=O) groups is 1. The van der Waals surface area contributed by atoms with E-state index in [9.17, 15) is 4.79 Å². The van der Waals surface area contributed by atoms with Crippen LogP contribution in [-0.4, -0.2) is 38.3 Å². The van der Waals surface area contributed by atoms with E-state index in [4.69, 9.17) is 0 Å². The summed E-state index contributed by atoms with van der Waals surface area (Å²) in [6.07, 6.45) is 4.29. The van der Waals surface area contributed by atoms with Crippen LogP contribution in [-0.2, 0) is 17.6 Å². The van der Waals surface area contributed by atoms with E-state index < -0.39 is 0 Å². The van der Waals surface area contributed by atoms with Crippen LogP contribution in [0.4, 0.5) is 5.69 Å². The van der Waals surface area contributed by atoms with E-state index in [-0.39, 0.29) is 5.91 Å².